The Balaban J connectivity index is 1.43. The van der Waals surface area contributed by atoms with E-state index in [1.807, 2.05) is 47.3 Å². The molecule has 1 aromatic carbocycles. The molecule has 0 amide bonds. The Kier molecular flexibility index (Phi) is 5.02. The van der Waals surface area contributed by atoms with Crippen molar-refractivity contribution in [2.75, 3.05) is 12.4 Å². The van der Waals surface area contributed by atoms with Crippen molar-refractivity contribution in [2.45, 2.75) is 31.5 Å². The lowest BCUT2D eigenvalue weighted by Gasteiger charge is -2.17. The van der Waals surface area contributed by atoms with Gasteiger partial charge >= 0.3 is 0 Å². The second-order valence-electron chi connectivity index (χ2n) is 6.90. The topological polar surface area (TPSA) is 85.1 Å². The molecule has 1 fully saturated rings. The summed E-state index contributed by atoms with van der Waals surface area (Å²) in [5, 5.41) is 18.1. The second-order valence-corrected chi connectivity index (χ2v) is 6.90. The lowest BCUT2D eigenvalue weighted by molar-refractivity contribution is 0.166. The number of aromatic nitrogens is 4. The summed E-state index contributed by atoms with van der Waals surface area (Å²) in [4.78, 5) is 8.68. The first kappa shape index (κ1) is 17.5. The SMILES string of the molecule is COc1ccc(-c2cc(N[C@@H]3CC(Cn4cccn4)C[C@H]3O)ncn2)cc1. The smallest absolute Gasteiger partial charge is 0.130 e. The van der Waals surface area contributed by atoms with Crippen LogP contribution in [0, 0.1) is 5.92 Å². The van der Waals surface area contributed by atoms with Crippen LogP contribution in [0.1, 0.15) is 12.8 Å². The van der Waals surface area contributed by atoms with Gasteiger partial charge < -0.3 is 15.2 Å². The monoisotopic (exact) mass is 365 g/mol. The van der Waals surface area contributed by atoms with Crippen molar-refractivity contribution >= 4 is 5.82 Å². The number of nitrogens with zero attached hydrogens (tertiary/aromatic N) is 4. The first-order chi connectivity index (χ1) is 13.2. The van der Waals surface area contributed by atoms with E-state index in [0.717, 1.165) is 42.2 Å². The van der Waals surface area contributed by atoms with Crippen LogP contribution in [0.5, 0.6) is 5.75 Å². The Morgan fingerprint density at radius 1 is 1.22 bits per heavy atom. The summed E-state index contributed by atoms with van der Waals surface area (Å²) >= 11 is 0. The summed E-state index contributed by atoms with van der Waals surface area (Å²) < 4.78 is 7.12. The maximum atomic E-state index is 10.4. The minimum Gasteiger partial charge on any atom is -0.497 e. The molecule has 2 N–H and O–H groups in total. The fourth-order valence-corrected chi connectivity index (χ4v) is 3.64. The van der Waals surface area contributed by atoms with Gasteiger partial charge in [-0.3, -0.25) is 4.68 Å². The van der Waals surface area contributed by atoms with Crippen molar-refractivity contribution in [2.24, 2.45) is 5.92 Å². The summed E-state index contributed by atoms with van der Waals surface area (Å²) in [5.41, 5.74) is 1.82. The molecule has 3 aromatic rings. The molecular weight excluding hydrogens is 342 g/mol. The van der Waals surface area contributed by atoms with Gasteiger partial charge in [-0.15, -0.1) is 0 Å². The minimum absolute atomic E-state index is 0.0239. The Morgan fingerprint density at radius 3 is 2.81 bits per heavy atom. The van der Waals surface area contributed by atoms with E-state index in [2.05, 4.69) is 20.4 Å². The fraction of sp³-hybridized carbons (Fsp3) is 0.350. The zero-order valence-electron chi connectivity index (χ0n) is 15.2. The predicted octanol–water partition coefficient (Wildman–Crippen LogP) is 2.60. The molecule has 4 rings (SSSR count). The number of rotatable bonds is 6. The fourth-order valence-electron chi connectivity index (χ4n) is 3.64. The van der Waals surface area contributed by atoms with Crippen LogP contribution in [0.15, 0.2) is 55.1 Å². The van der Waals surface area contributed by atoms with Crippen LogP contribution in [0.4, 0.5) is 5.82 Å². The van der Waals surface area contributed by atoms with Crippen molar-refractivity contribution in [1.82, 2.24) is 19.7 Å². The number of hydrogen-bond acceptors (Lipinski definition) is 6. The highest BCUT2D eigenvalue weighted by Gasteiger charge is 2.33. The van der Waals surface area contributed by atoms with E-state index in [1.165, 1.54) is 0 Å². The van der Waals surface area contributed by atoms with Crippen molar-refractivity contribution in [3.8, 4) is 17.0 Å². The molecule has 0 aliphatic heterocycles. The third kappa shape index (κ3) is 4.09. The Labute approximate surface area is 158 Å². The van der Waals surface area contributed by atoms with E-state index in [0.29, 0.717) is 5.92 Å². The first-order valence-corrected chi connectivity index (χ1v) is 9.10. The van der Waals surface area contributed by atoms with Crippen LogP contribution >= 0.6 is 0 Å². The summed E-state index contributed by atoms with van der Waals surface area (Å²) in [7, 11) is 1.65. The van der Waals surface area contributed by atoms with Crippen molar-refractivity contribution in [3.63, 3.8) is 0 Å². The van der Waals surface area contributed by atoms with Gasteiger partial charge in [-0.25, -0.2) is 9.97 Å². The number of benzene rings is 1. The molecule has 2 aromatic heterocycles. The van der Waals surface area contributed by atoms with Crippen LogP contribution in [0.2, 0.25) is 0 Å². The van der Waals surface area contributed by atoms with Crippen LogP contribution in [0.3, 0.4) is 0 Å². The standard InChI is InChI=1S/C20H23N5O2/c1-27-16-5-3-15(4-6-16)17-11-20(22-13-21-17)24-18-9-14(10-19(18)26)12-25-8-2-7-23-25/h2-8,11,13-14,18-19,26H,9-10,12H2,1H3,(H,21,22,24)/t14?,18-,19-/m1/s1. The molecule has 1 unspecified atom stereocenters. The molecule has 0 spiro atoms. The van der Waals surface area contributed by atoms with Crippen molar-refractivity contribution in [1.29, 1.82) is 0 Å². The van der Waals surface area contributed by atoms with E-state index < -0.39 is 6.10 Å². The Hall–Kier alpha value is -2.93. The third-order valence-corrected chi connectivity index (χ3v) is 5.02. The van der Waals surface area contributed by atoms with Gasteiger partial charge in [0, 0.05) is 30.6 Å². The second kappa shape index (κ2) is 7.75. The average Bonchev–Trinajstić information content (AvgIpc) is 3.32. The quantitative estimate of drug-likeness (QED) is 0.698. The number of aliphatic hydroxyl groups is 1. The molecule has 1 aliphatic rings. The molecule has 27 heavy (non-hydrogen) atoms. The molecule has 1 saturated carbocycles. The number of anilines is 1. The van der Waals surface area contributed by atoms with E-state index in [4.69, 9.17) is 4.74 Å². The third-order valence-electron chi connectivity index (χ3n) is 5.02. The lowest BCUT2D eigenvalue weighted by atomic mass is 10.1. The Bertz CT molecular complexity index is 866. The summed E-state index contributed by atoms with van der Waals surface area (Å²) in [6.45, 7) is 0.823. The number of methoxy groups -OCH3 is 1. The molecule has 3 atom stereocenters. The summed E-state index contributed by atoms with van der Waals surface area (Å²) in [6, 6.07) is 11.6. The van der Waals surface area contributed by atoms with Crippen LogP contribution in [-0.4, -0.2) is 44.1 Å². The van der Waals surface area contributed by atoms with E-state index in [1.54, 1.807) is 19.6 Å². The minimum atomic E-state index is -0.398. The molecule has 0 radical (unpaired) electrons. The summed E-state index contributed by atoms with van der Waals surface area (Å²) in [6.07, 6.45) is 6.52. The molecule has 0 bridgehead atoms. The highest BCUT2D eigenvalue weighted by Crippen LogP contribution is 2.30. The zero-order chi connectivity index (χ0) is 18.6. The highest BCUT2D eigenvalue weighted by molar-refractivity contribution is 5.63. The van der Waals surface area contributed by atoms with Gasteiger partial charge in [0.15, 0.2) is 0 Å². The van der Waals surface area contributed by atoms with Gasteiger partial charge in [-0.2, -0.15) is 5.10 Å². The van der Waals surface area contributed by atoms with Gasteiger partial charge in [0.05, 0.1) is 24.9 Å². The normalized spacial score (nSPS) is 21.9. The maximum Gasteiger partial charge on any atom is 0.130 e. The zero-order valence-corrected chi connectivity index (χ0v) is 15.2. The van der Waals surface area contributed by atoms with Gasteiger partial charge in [0.25, 0.3) is 0 Å². The molecule has 140 valence electrons. The summed E-state index contributed by atoms with van der Waals surface area (Å²) in [5.74, 6) is 1.92. The van der Waals surface area contributed by atoms with Crippen LogP contribution < -0.4 is 10.1 Å². The van der Waals surface area contributed by atoms with Gasteiger partial charge in [-0.1, -0.05) is 0 Å². The van der Waals surface area contributed by atoms with Gasteiger partial charge in [0.1, 0.15) is 17.9 Å². The maximum absolute atomic E-state index is 10.4. The molecule has 0 saturated heterocycles. The number of nitrogens with one attached hydrogen (secondary N) is 1. The number of aliphatic hydroxyl groups excluding tert-OH is 1. The molecule has 7 nitrogen and oxygen atoms in total. The van der Waals surface area contributed by atoms with Gasteiger partial charge in [-0.05, 0) is 49.1 Å². The van der Waals surface area contributed by atoms with E-state index in [9.17, 15) is 5.11 Å². The van der Waals surface area contributed by atoms with Crippen molar-refractivity contribution < 1.29 is 9.84 Å². The Morgan fingerprint density at radius 2 is 2.07 bits per heavy atom. The van der Waals surface area contributed by atoms with Crippen LogP contribution in [0.25, 0.3) is 11.3 Å². The predicted molar refractivity (Wildman–Crippen MR) is 102 cm³/mol. The molecular formula is C20H23N5O2. The highest BCUT2D eigenvalue weighted by atomic mass is 16.5. The molecule has 7 heteroatoms. The number of ether oxygens (including phenoxy) is 1. The lowest BCUT2D eigenvalue weighted by Crippen LogP contribution is -2.28. The van der Waals surface area contributed by atoms with Crippen LogP contribution in [-0.2, 0) is 6.54 Å². The number of hydrogen-bond donors (Lipinski definition) is 2. The largest absolute Gasteiger partial charge is 0.497 e. The van der Waals surface area contributed by atoms with E-state index in [-0.39, 0.29) is 6.04 Å². The van der Waals surface area contributed by atoms with Gasteiger partial charge in [0.2, 0.25) is 0 Å². The van der Waals surface area contributed by atoms with E-state index >= 15 is 0 Å². The average molecular weight is 365 g/mol. The first-order valence-electron chi connectivity index (χ1n) is 9.10. The molecule has 1 aliphatic carbocycles. The van der Waals surface area contributed by atoms with Crippen molar-refractivity contribution in [3.05, 3.63) is 55.1 Å². The molecule has 2 heterocycles.